The van der Waals surface area contributed by atoms with Gasteiger partial charge in [-0.15, -0.1) is 0 Å². The summed E-state index contributed by atoms with van der Waals surface area (Å²) in [7, 11) is 1.70. The standard InChI is InChI=1S/C17H22N2O/c1-4-5-9-19-10-8-15-14-7-6-13(20-3)11-16(14)18-17(15)12(19)2/h6-7,11H,4-5,8-10H2,1-3H3. The van der Waals surface area contributed by atoms with Crippen molar-refractivity contribution in [3.63, 3.8) is 0 Å². The first-order valence-electron chi connectivity index (χ1n) is 7.46. The van der Waals surface area contributed by atoms with Crippen molar-refractivity contribution in [2.24, 2.45) is 4.99 Å². The van der Waals surface area contributed by atoms with Crippen LogP contribution in [0.1, 0.15) is 33.1 Å². The van der Waals surface area contributed by atoms with E-state index in [0.29, 0.717) is 0 Å². The van der Waals surface area contributed by atoms with E-state index in [2.05, 4.69) is 24.8 Å². The molecule has 0 aromatic heterocycles. The Morgan fingerprint density at radius 1 is 1.35 bits per heavy atom. The van der Waals surface area contributed by atoms with Gasteiger partial charge in [0.15, 0.2) is 0 Å². The van der Waals surface area contributed by atoms with E-state index < -0.39 is 0 Å². The Morgan fingerprint density at radius 3 is 2.95 bits per heavy atom. The lowest BCUT2D eigenvalue weighted by molar-refractivity contribution is 0.335. The van der Waals surface area contributed by atoms with Crippen molar-refractivity contribution in [3.8, 4) is 5.75 Å². The topological polar surface area (TPSA) is 24.8 Å². The number of fused-ring (bicyclic) bond motifs is 2. The largest absolute Gasteiger partial charge is 0.497 e. The van der Waals surface area contributed by atoms with Gasteiger partial charge in [-0.2, -0.15) is 0 Å². The summed E-state index contributed by atoms with van der Waals surface area (Å²) < 4.78 is 5.30. The van der Waals surface area contributed by atoms with Gasteiger partial charge in [-0.25, -0.2) is 4.99 Å². The van der Waals surface area contributed by atoms with E-state index in [0.717, 1.165) is 30.6 Å². The van der Waals surface area contributed by atoms with Crippen LogP contribution in [-0.2, 0) is 0 Å². The van der Waals surface area contributed by atoms with E-state index in [1.807, 2.05) is 12.1 Å². The van der Waals surface area contributed by atoms with Crippen LogP contribution < -0.4 is 15.3 Å². The van der Waals surface area contributed by atoms with Gasteiger partial charge in [-0.05, 0) is 37.5 Å². The van der Waals surface area contributed by atoms with Crippen molar-refractivity contribution in [1.82, 2.24) is 4.90 Å². The van der Waals surface area contributed by atoms with Crippen LogP contribution in [0.5, 0.6) is 5.75 Å². The Hall–Kier alpha value is -1.77. The molecule has 0 radical (unpaired) electrons. The highest BCUT2D eigenvalue weighted by molar-refractivity contribution is 5.68. The van der Waals surface area contributed by atoms with Gasteiger partial charge in [0.1, 0.15) is 5.75 Å². The van der Waals surface area contributed by atoms with E-state index in [9.17, 15) is 0 Å². The van der Waals surface area contributed by atoms with Crippen molar-refractivity contribution < 1.29 is 4.74 Å². The molecular weight excluding hydrogens is 248 g/mol. The van der Waals surface area contributed by atoms with Gasteiger partial charge in [0.25, 0.3) is 0 Å². The first-order valence-corrected chi connectivity index (χ1v) is 7.46. The maximum absolute atomic E-state index is 5.30. The van der Waals surface area contributed by atoms with E-state index >= 15 is 0 Å². The molecule has 106 valence electrons. The maximum atomic E-state index is 5.30. The zero-order chi connectivity index (χ0) is 14.1. The van der Waals surface area contributed by atoms with E-state index in [4.69, 9.17) is 9.73 Å². The molecule has 0 fully saturated rings. The van der Waals surface area contributed by atoms with Crippen LogP contribution in [0.25, 0.3) is 5.57 Å². The Kier molecular flexibility index (Phi) is 3.51. The second-order valence-corrected chi connectivity index (χ2v) is 5.50. The van der Waals surface area contributed by atoms with Crippen molar-refractivity contribution >= 4 is 5.57 Å². The third-order valence-corrected chi connectivity index (χ3v) is 4.28. The molecule has 0 saturated heterocycles. The monoisotopic (exact) mass is 270 g/mol. The van der Waals surface area contributed by atoms with Gasteiger partial charge in [-0.1, -0.05) is 13.3 Å². The van der Waals surface area contributed by atoms with E-state index in [1.54, 1.807) is 7.11 Å². The minimum atomic E-state index is 0.882. The maximum Gasteiger partial charge on any atom is 0.121 e. The lowest BCUT2D eigenvalue weighted by Gasteiger charge is -2.31. The molecule has 0 unspecified atom stereocenters. The Balaban J connectivity index is 2.05. The summed E-state index contributed by atoms with van der Waals surface area (Å²) in [6.45, 7) is 6.71. The van der Waals surface area contributed by atoms with Crippen molar-refractivity contribution in [2.45, 2.75) is 33.1 Å². The SMILES string of the molecule is CCCCN1CCC2=c3ccc(OC)cc3=NC2=C1C. The van der Waals surface area contributed by atoms with Crippen LogP contribution in [0.15, 0.2) is 34.6 Å². The first kappa shape index (κ1) is 13.2. The summed E-state index contributed by atoms with van der Waals surface area (Å²) in [5.74, 6) is 0.882. The fourth-order valence-electron chi connectivity index (χ4n) is 3.05. The van der Waals surface area contributed by atoms with Crippen LogP contribution in [0.2, 0.25) is 0 Å². The molecule has 0 saturated carbocycles. The summed E-state index contributed by atoms with van der Waals surface area (Å²) in [4.78, 5) is 7.32. The third kappa shape index (κ3) is 2.11. The van der Waals surface area contributed by atoms with Gasteiger partial charge in [0.2, 0.25) is 0 Å². The van der Waals surface area contributed by atoms with Gasteiger partial charge < -0.3 is 9.64 Å². The zero-order valence-corrected chi connectivity index (χ0v) is 12.6. The molecule has 0 amide bonds. The number of ether oxygens (including phenoxy) is 1. The number of rotatable bonds is 4. The summed E-state index contributed by atoms with van der Waals surface area (Å²) in [5, 5.41) is 2.35. The highest BCUT2D eigenvalue weighted by Crippen LogP contribution is 2.29. The predicted molar refractivity (Wildman–Crippen MR) is 81.0 cm³/mol. The minimum Gasteiger partial charge on any atom is -0.497 e. The average molecular weight is 270 g/mol. The van der Waals surface area contributed by atoms with Gasteiger partial charge >= 0.3 is 0 Å². The second-order valence-electron chi connectivity index (χ2n) is 5.50. The molecule has 0 N–H and O–H groups in total. The molecule has 0 spiro atoms. The van der Waals surface area contributed by atoms with E-state index in [1.165, 1.54) is 35.0 Å². The van der Waals surface area contributed by atoms with E-state index in [-0.39, 0.29) is 0 Å². The molecule has 2 heterocycles. The van der Waals surface area contributed by atoms with Gasteiger partial charge in [-0.3, -0.25) is 0 Å². The van der Waals surface area contributed by atoms with Gasteiger partial charge in [0.05, 0.1) is 18.2 Å². The molecular formula is C17H22N2O. The third-order valence-electron chi connectivity index (χ3n) is 4.28. The number of benzene rings is 1. The average Bonchev–Trinajstić information content (AvgIpc) is 2.85. The lowest BCUT2D eigenvalue weighted by Crippen LogP contribution is -2.30. The summed E-state index contributed by atoms with van der Waals surface area (Å²) in [6, 6.07) is 6.22. The predicted octanol–water partition coefficient (Wildman–Crippen LogP) is 2.22. The number of hydrogen-bond acceptors (Lipinski definition) is 3. The van der Waals surface area contributed by atoms with Crippen LogP contribution in [0, 0.1) is 0 Å². The fourth-order valence-corrected chi connectivity index (χ4v) is 3.05. The molecule has 2 aliphatic heterocycles. The van der Waals surface area contributed by atoms with Crippen molar-refractivity contribution in [1.29, 1.82) is 0 Å². The molecule has 1 aromatic carbocycles. The second kappa shape index (κ2) is 5.31. The smallest absolute Gasteiger partial charge is 0.121 e. The normalized spacial score (nSPS) is 16.9. The van der Waals surface area contributed by atoms with Crippen LogP contribution >= 0.6 is 0 Å². The minimum absolute atomic E-state index is 0.882. The molecule has 3 heteroatoms. The molecule has 0 atom stereocenters. The zero-order valence-electron chi connectivity index (χ0n) is 12.6. The van der Waals surface area contributed by atoms with Crippen molar-refractivity contribution in [3.05, 3.63) is 40.2 Å². The van der Waals surface area contributed by atoms with Crippen molar-refractivity contribution in [2.75, 3.05) is 20.2 Å². The molecule has 1 aromatic rings. The summed E-state index contributed by atoms with van der Waals surface area (Å²) in [6.07, 6.45) is 3.59. The lowest BCUT2D eigenvalue weighted by atomic mass is 10.0. The first-order chi connectivity index (χ1) is 9.74. The molecule has 0 bridgehead atoms. The molecule has 2 aliphatic rings. The molecule has 3 nitrogen and oxygen atoms in total. The van der Waals surface area contributed by atoms with Crippen LogP contribution in [-0.4, -0.2) is 25.1 Å². The highest BCUT2D eigenvalue weighted by atomic mass is 16.5. The summed E-state index contributed by atoms with van der Waals surface area (Å²) >= 11 is 0. The Labute approximate surface area is 120 Å². The molecule has 3 rings (SSSR count). The number of nitrogens with zero attached hydrogens (tertiary/aromatic N) is 2. The highest BCUT2D eigenvalue weighted by Gasteiger charge is 2.23. The van der Waals surface area contributed by atoms with Crippen LogP contribution in [0.4, 0.5) is 0 Å². The van der Waals surface area contributed by atoms with Crippen LogP contribution in [0.3, 0.4) is 0 Å². The molecule has 20 heavy (non-hydrogen) atoms. The number of allylic oxidation sites excluding steroid dienone is 2. The summed E-state index contributed by atoms with van der Waals surface area (Å²) in [5.41, 5.74) is 3.93. The Bertz CT molecular complexity index is 673. The molecule has 0 aliphatic carbocycles. The van der Waals surface area contributed by atoms with Gasteiger partial charge in [0, 0.05) is 30.1 Å². The Morgan fingerprint density at radius 2 is 2.20 bits per heavy atom. The fraction of sp³-hybridized carbons (Fsp3) is 0.471. The number of hydrogen-bond donors (Lipinski definition) is 0. The quantitative estimate of drug-likeness (QED) is 0.838. The number of methoxy groups -OCH3 is 1. The number of unbranched alkanes of at least 4 members (excludes halogenated alkanes) is 1.